The van der Waals surface area contributed by atoms with Crippen LogP contribution < -0.4 is 0 Å². The van der Waals surface area contributed by atoms with Gasteiger partial charge in [0.2, 0.25) is 0 Å². The first kappa shape index (κ1) is 18.1. The van der Waals surface area contributed by atoms with Crippen LogP contribution in [0.2, 0.25) is 0 Å². The molecule has 0 N–H and O–H groups in total. The summed E-state index contributed by atoms with van der Waals surface area (Å²) in [7, 11) is 0. The molecule has 0 radical (unpaired) electrons. The number of carbonyl (C=O) groups is 2. The average molecular weight is 364 g/mol. The molecule has 0 aliphatic heterocycles. The Bertz CT molecular complexity index is 921. The maximum atomic E-state index is 12.5. The zero-order valence-corrected chi connectivity index (χ0v) is 14.3. The van der Waals surface area contributed by atoms with Crippen LogP contribution in [0.4, 0.5) is 11.4 Å². The van der Waals surface area contributed by atoms with Gasteiger partial charge >= 0.3 is 5.97 Å². The molecular weight excluding hydrogens is 348 g/mol. The van der Waals surface area contributed by atoms with Crippen LogP contribution in [0, 0.1) is 0 Å². The molecule has 0 saturated heterocycles. The summed E-state index contributed by atoms with van der Waals surface area (Å²) in [6.07, 6.45) is 1.50. The van der Waals surface area contributed by atoms with Crippen LogP contribution in [0.25, 0.3) is 0 Å². The Labute approximate surface area is 155 Å². The van der Waals surface area contributed by atoms with Crippen molar-refractivity contribution in [1.29, 1.82) is 0 Å². The molecule has 0 aliphatic rings. The number of hydrogen-bond acceptors (Lipinski definition) is 7. The Kier molecular flexibility index (Phi) is 6.08. The SMILES string of the molecule is O=COCc1ccc(N=Nc2ccccc2)cc1C(=O)OCc1ccco1. The molecule has 3 aromatic rings. The number of nitrogens with zero attached hydrogens (tertiary/aromatic N) is 2. The van der Waals surface area contributed by atoms with Crippen LogP contribution in [-0.4, -0.2) is 12.4 Å². The first-order valence-corrected chi connectivity index (χ1v) is 8.11. The van der Waals surface area contributed by atoms with Gasteiger partial charge in [-0.3, -0.25) is 4.79 Å². The highest BCUT2D eigenvalue weighted by atomic mass is 16.5. The number of benzene rings is 2. The molecule has 7 heteroatoms. The number of hydrogen-bond donors (Lipinski definition) is 0. The molecular formula is C20H16N2O5. The molecule has 0 amide bonds. The van der Waals surface area contributed by atoms with Crippen molar-refractivity contribution in [2.75, 3.05) is 0 Å². The summed E-state index contributed by atoms with van der Waals surface area (Å²) >= 11 is 0. The summed E-state index contributed by atoms with van der Waals surface area (Å²) in [6, 6.07) is 17.5. The molecule has 7 nitrogen and oxygen atoms in total. The lowest BCUT2D eigenvalue weighted by atomic mass is 10.1. The molecule has 136 valence electrons. The number of azo groups is 1. The summed E-state index contributed by atoms with van der Waals surface area (Å²) < 4.78 is 15.2. The van der Waals surface area contributed by atoms with Gasteiger partial charge in [-0.05, 0) is 36.4 Å². The summed E-state index contributed by atoms with van der Waals surface area (Å²) in [5.41, 5.74) is 1.91. The Hall–Kier alpha value is -3.74. The van der Waals surface area contributed by atoms with Crippen molar-refractivity contribution in [2.45, 2.75) is 13.2 Å². The largest absolute Gasteiger partial charge is 0.466 e. The molecule has 3 rings (SSSR count). The van der Waals surface area contributed by atoms with Crippen molar-refractivity contribution < 1.29 is 23.5 Å². The highest BCUT2D eigenvalue weighted by molar-refractivity contribution is 5.92. The predicted octanol–water partition coefficient (Wildman–Crippen LogP) is 4.73. The molecule has 0 unspecified atom stereocenters. The number of carbonyl (C=O) groups excluding carboxylic acids is 2. The van der Waals surface area contributed by atoms with Crippen LogP contribution in [0.1, 0.15) is 21.7 Å². The monoisotopic (exact) mass is 364 g/mol. The van der Waals surface area contributed by atoms with Crippen molar-refractivity contribution >= 4 is 23.8 Å². The van der Waals surface area contributed by atoms with E-state index in [1.807, 2.05) is 30.3 Å². The predicted molar refractivity (Wildman–Crippen MR) is 95.7 cm³/mol. The fourth-order valence-electron chi connectivity index (χ4n) is 2.29. The fraction of sp³-hybridized carbons (Fsp3) is 0.100. The van der Waals surface area contributed by atoms with Crippen LogP contribution in [0.15, 0.2) is 81.6 Å². The van der Waals surface area contributed by atoms with Gasteiger partial charge in [-0.15, -0.1) is 0 Å². The van der Waals surface area contributed by atoms with Crippen molar-refractivity contribution in [3.05, 3.63) is 83.8 Å². The molecule has 2 aromatic carbocycles. The lowest BCUT2D eigenvalue weighted by Gasteiger charge is -2.09. The van der Waals surface area contributed by atoms with E-state index in [0.29, 0.717) is 29.2 Å². The molecule has 0 saturated carbocycles. The first-order chi connectivity index (χ1) is 13.3. The molecule has 1 heterocycles. The van der Waals surface area contributed by atoms with E-state index in [1.54, 1.807) is 30.3 Å². The zero-order chi connectivity index (χ0) is 18.9. The van der Waals surface area contributed by atoms with Crippen LogP contribution >= 0.6 is 0 Å². The van der Waals surface area contributed by atoms with Crippen LogP contribution in [0.3, 0.4) is 0 Å². The van der Waals surface area contributed by atoms with Gasteiger partial charge in [-0.1, -0.05) is 24.3 Å². The zero-order valence-electron chi connectivity index (χ0n) is 14.3. The maximum Gasteiger partial charge on any atom is 0.339 e. The van der Waals surface area contributed by atoms with Crippen molar-refractivity contribution in [3.63, 3.8) is 0 Å². The quantitative estimate of drug-likeness (QED) is 0.327. The second-order valence-corrected chi connectivity index (χ2v) is 5.44. The Morgan fingerprint density at radius 3 is 2.52 bits per heavy atom. The minimum atomic E-state index is -0.576. The lowest BCUT2D eigenvalue weighted by Crippen LogP contribution is -2.09. The third-order valence-corrected chi connectivity index (χ3v) is 3.58. The van der Waals surface area contributed by atoms with E-state index in [9.17, 15) is 9.59 Å². The third kappa shape index (κ3) is 5.12. The second kappa shape index (κ2) is 9.10. The Balaban J connectivity index is 1.80. The average Bonchev–Trinajstić information content (AvgIpc) is 3.23. The van der Waals surface area contributed by atoms with Gasteiger partial charge in [0.05, 0.1) is 23.2 Å². The van der Waals surface area contributed by atoms with Gasteiger partial charge in [0.15, 0.2) is 0 Å². The van der Waals surface area contributed by atoms with Gasteiger partial charge in [-0.25, -0.2) is 4.79 Å². The minimum Gasteiger partial charge on any atom is -0.466 e. The summed E-state index contributed by atoms with van der Waals surface area (Å²) in [4.78, 5) is 23.0. The topological polar surface area (TPSA) is 90.5 Å². The van der Waals surface area contributed by atoms with Gasteiger partial charge in [-0.2, -0.15) is 10.2 Å². The molecule has 0 aliphatic carbocycles. The number of furan rings is 1. The Morgan fingerprint density at radius 1 is 0.963 bits per heavy atom. The van der Waals surface area contributed by atoms with E-state index in [4.69, 9.17) is 13.9 Å². The van der Waals surface area contributed by atoms with E-state index in [0.717, 1.165) is 0 Å². The fourth-order valence-corrected chi connectivity index (χ4v) is 2.29. The summed E-state index contributed by atoms with van der Waals surface area (Å²) in [5.74, 6) is -0.0541. The van der Waals surface area contributed by atoms with Crippen molar-refractivity contribution in [1.82, 2.24) is 0 Å². The molecule has 0 bridgehead atoms. The van der Waals surface area contributed by atoms with Gasteiger partial charge in [0, 0.05) is 5.56 Å². The van der Waals surface area contributed by atoms with E-state index >= 15 is 0 Å². The highest BCUT2D eigenvalue weighted by Crippen LogP contribution is 2.23. The normalized spacial score (nSPS) is 10.7. The number of ether oxygens (including phenoxy) is 2. The Morgan fingerprint density at radius 2 is 1.78 bits per heavy atom. The smallest absolute Gasteiger partial charge is 0.339 e. The first-order valence-electron chi connectivity index (χ1n) is 8.11. The number of esters is 1. The van der Waals surface area contributed by atoms with E-state index < -0.39 is 5.97 Å². The van der Waals surface area contributed by atoms with Gasteiger partial charge in [0.1, 0.15) is 19.0 Å². The summed E-state index contributed by atoms with van der Waals surface area (Å²) in [6.45, 7) is 0.265. The van der Waals surface area contributed by atoms with Crippen LogP contribution in [-0.2, 0) is 27.5 Å². The van der Waals surface area contributed by atoms with E-state index in [-0.39, 0.29) is 18.8 Å². The summed E-state index contributed by atoms with van der Waals surface area (Å²) in [5, 5.41) is 8.27. The van der Waals surface area contributed by atoms with Crippen molar-refractivity contribution in [2.24, 2.45) is 10.2 Å². The molecule has 1 aromatic heterocycles. The lowest BCUT2D eigenvalue weighted by molar-refractivity contribution is -0.129. The van der Waals surface area contributed by atoms with Crippen molar-refractivity contribution in [3.8, 4) is 0 Å². The third-order valence-electron chi connectivity index (χ3n) is 3.58. The highest BCUT2D eigenvalue weighted by Gasteiger charge is 2.15. The van der Waals surface area contributed by atoms with E-state index in [2.05, 4.69) is 10.2 Å². The van der Waals surface area contributed by atoms with Crippen LogP contribution in [0.5, 0.6) is 0 Å². The molecule has 0 fully saturated rings. The van der Waals surface area contributed by atoms with Gasteiger partial charge in [0.25, 0.3) is 6.47 Å². The van der Waals surface area contributed by atoms with E-state index in [1.165, 1.54) is 6.26 Å². The molecule has 0 spiro atoms. The van der Waals surface area contributed by atoms with Gasteiger partial charge < -0.3 is 13.9 Å². The standard InChI is InChI=1S/C20H16N2O5/c23-14-25-12-15-8-9-17(22-21-16-5-2-1-3-6-16)11-19(15)20(24)27-13-18-7-4-10-26-18/h1-11,14H,12-13H2. The minimum absolute atomic E-state index is 0.00439. The second-order valence-electron chi connectivity index (χ2n) is 5.44. The molecule has 27 heavy (non-hydrogen) atoms. The number of rotatable bonds is 8. The molecule has 0 atom stereocenters. The maximum absolute atomic E-state index is 12.5.